The van der Waals surface area contributed by atoms with E-state index >= 15 is 0 Å². The summed E-state index contributed by atoms with van der Waals surface area (Å²) < 4.78 is 5.61. The zero-order chi connectivity index (χ0) is 22.9. The highest BCUT2D eigenvalue weighted by atomic mass is 16.5. The lowest BCUT2D eigenvalue weighted by Gasteiger charge is -2.17. The third-order valence-corrected chi connectivity index (χ3v) is 7.25. The van der Waals surface area contributed by atoms with Gasteiger partial charge in [-0.05, 0) is 53.9 Å². The molecule has 0 heterocycles. The number of carboxylic acids is 1. The molecule has 172 valence electrons. The molecule has 2 aromatic carbocycles. The first-order valence-electron chi connectivity index (χ1n) is 11.6. The molecule has 0 radical (unpaired) electrons. The lowest BCUT2D eigenvalue weighted by Crippen LogP contribution is -2.36. The van der Waals surface area contributed by atoms with Gasteiger partial charge in [0.1, 0.15) is 6.61 Å². The van der Waals surface area contributed by atoms with Gasteiger partial charge >= 0.3 is 12.1 Å². The van der Waals surface area contributed by atoms with E-state index in [1.165, 1.54) is 22.3 Å². The van der Waals surface area contributed by atoms with Crippen LogP contribution in [0.5, 0.6) is 0 Å². The molecule has 5 rings (SSSR count). The van der Waals surface area contributed by atoms with E-state index in [1.54, 1.807) is 0 Å². The van der Waals surface area contributed by atoms with Gasteiger partial charge in [-0.15, -0.1) is 0 Å². The molecule has 3 aliphatic rings. The second-order valence-corrected chi connectivity index (χ2v) is 9.36. The molecule has 0 aromatic heterocycles. The number of rotatable bonds is 7. The van der Waals surface area contributed by atoms with E-state index in [2.05, 4.69) is 34.9 Å². The monoisotopic (exact) mass is 448 g/mol. The highest BCUT2D eigenvalue weighted by Crippen LogP contribution is 2.44. The van der Waals surface area contributed by atoms with Gasteiger partial charge in [-0.3, -0.25) is 9.59 Å². The van der Waals surface area contributed by atoms with Crippen molar-refractivity contribution in [3.05, 3.63) is 59.7 Å². The number of aliphatic carboxylic acids is 1. The average molecular weight is 449 g/mol. The van der Waals surface area contributed by atoms with Crippen LogP contribution >= 0.6 is 0 Å². The Labute approximate surface area is 192 Å². The van der Waals surface area contributed by atoms with E-state index in [4.69, 9.17) is 9.84 Å². The van der Waals surface area contributed by atoms with Gasteiger partial charge in [0.05, 0.1) is 5.92 Å². The lowest BCUT2D eigenvalue weighted by atomic mass is 9.98. The van der Waals surface area contributed by atoms with E-state index < -0.39 is 12.1 Å². The van der Waals surface area contributed by atoms with Gasteiger partial charge in [0.2, 0.25) is 5.91 Å². The molecule has 2 aromatic rings. The molecular formula is C26H28N2O5. The van der Waals surface area contributed by atoms with Gasteiger partial charge in [0.15, 0.2) is 0 Å². The van der Waals surface area contributed by atoms with Crippen LogP contribution in [0.3, 0.4) is 0 Å². The standard InChI is InChI=1S/C26H28N2O5/c29-24(27-13-16-12-22(16)25(30)31)15-9-10-17(11-15)28-26(32)33-14-23-20-7-3-1-5-18(20)19-6-2-4-8-21(19)23/h1-8,15-17,22-23H,9-14H2,(H,27,29)(H,28,32)(H,30,31)/t15?,16-,17?,22-/m1/s1. The van der Waals surface area contributed by atoms with Gasteiger partial charge < -0.3 is 20.5 Å². The maximum Gasteiger partial charge on any atom is 0.407 e. The van der Waals surface area contributed by atoms with Gasteiger partial charge in [-0.1, -0.05) is 48.5 Å². The fourth-order valence-corrected chi connectivity index (χ4v) is 5.31. The first-order valence-corrected chi connectivity index (χ1v) is 11.6. The van der Waals surface area contributed by atoms with Crippen LogP contribution in [0.15, 0.2) is 48.5 Å². The molecule has 7 nitrogen and oxygen atoms in total. The molecule has 7 heteroatoms. The fraction of sp³-hybridized carbons (Fsp3) is 0.423. The molecule has 2 saturated carbocycles. The van der Waals surface area contributed by atoms with Crippen molar-refractivity contribution in [1.82, 2.24) is 10.6 Å². The maximum atomic E-state index is 12.5. The molecule has 2 amide bonds. The second kappa shape index (κ2) is 8.89. The molecular weight excluding hydrogens is 420 g/mol. The van der Waals surface area contributed by atoms with Crippen LogP contribution in [0.4, 0.5) is 4.79 Å². The van der Waals surface area contributed by atoms with Crippen molar-refractivity contribution in [2.45, 2.75) is 37.6 Å². The summed E-state index contributed by atoms with van der Waals surface area (Å²) >= 11 is 0. The predicted molar refractivity (Wildman–Crippen MR) is 122 cm³/mol. The topological polar surface area (TPSA) is 105 Å². The van der Waals surface area contributed by atoms with Crippen LogP contribution in [0.1, 0.15) is 42.7 Å². The Morgan fingerprint density at radius 2 is 1.61 bits per heavy atom. The number of alkyl carbamates (subject to hydrolysis) is 1. The van der Waals surface area contributed by atoms with E-state index in [-0.39, 0.29) is 42.2 Å². The Hall–Kier alpha value is -3.35. The Bertz CT molecular complexity index is 1040. The van der Waals surface area contributed by atoms with Crippen molar-refractivity contribution >= 4 is 18.0 Å². The molecule has 33 heavy (non-hydrogen) atoms. The Kier molecular flexibility index (Phi) is 5.79. The molecule has 0 spiro atoms. The van der Waals surface area contributed by atoms with E-state index in [9.17, 15) is 14.4 Å². The third-order valence-electron chi connectivity index (χ3n) is 7.25. The first-order chi connectivity index (χ1) is 16.0. The Morgan fingerprint density at radius 1 is 0.939 bits per heavy atom. The van der Waals surface area contributed by atoms with Crippen LogP contribution in [-0.4, -0.2) is 42.3 Å². The van der Waals surface area contributed by atoms with Gasteiger partial charge in [-0.2, -0.15) is 0 Å². The number of hydrogen-bond acceptors (Lipinski definition) is 4. The third kappa shape index (κ3) is 4.45. The molecule has 3 N–H and O–H groups in total. The van der Waals surface area contributed by atoms with Crippen molar-refractivity contribution in [3.63, 3.8) is 0 Å². The van der Waals surface area contributed by atoms with Crippen LogP contribution in [0.25, 0.3) is 11.1 Å². The Balaban J connectivity index is 1.09. The first kappa shape index (κ1) is 21.5. The average Bonchev–Trinajstić information content (AvgIpc) is 3.35. The number of ether oxygens (including phenoxy) is 1. The summed E-state index contributed by atoms with van der Waals surface area (Å²) in [4.78, 5) is 35.8. The predicted octanol–water partition coefficient (Wildman–Crippen LogP) is 3.53. The van der Waals surface area contributed by atoms with Crippen LogP contribution in [0.2, 0.25) is 0 Å². The zero-order valence-electron chi connectivity index (χ0n) is 18.3. The van der Waals surface area contributed by atoms with Gasteiger partial charge in [0.25, 0.3) is 0 Å². The van der Waals surface area contributed by atoms with Crippen molar-refractivity contribution in [2.75, 3.05) is 13.2 Å². The number of carbonyl (C=O) groups is 3. The molecule has 0 bridgehead atoms. The fourth-order valence-electron chi connectivity index (χ4n) is 5.31. The normalized spacial score (nSPS) is 25.1. The molecule has 3 aliphatic carbocycles. The summed E-state index contributed by atoms with van der Waals surface area (Å²) in [6, 6.07) is 16.3. The SMILES string of the molecule is O=C(NC1CCC(C(=O)NC[C@H]2C[C@H]2C(=O)O)C1)OCC1c2ccccc2-c2ccccc21. The molecule has 0 saturated heterocycles. The van der Waals surface area contributed by atoms with E-state index in [1.807, 2.05) is 24.3 Å². The van der Waals surface area contributed by atoms with Crippen LogP contribution in [-0.2, 0) is 14.3 Å². The Morgan fingerprint density at radius 3 is 2.24 bits per heavy atom. The largest absolute Gasteiger partial charge is 0.481 e. The highest BCUT2D eigenvalue weighted by Gasteiger charge is 2.43. The lowest BCUT2D eigenvalue weighted by molar-refractivity contribution is -0.139. The molecule has 4 atom stereocenters. The summed E-state index contributed by atoms with van der Waals surface area (Å²) in [7, 11) is 0. The highest BCUT2D eigenvalue weighted by molar-refractivity contribution is 5.80. The second-order valence-electron chi connectivity index (χ2n) is 9.36. The molecule has 2 unspecified atom stereocenters. The number of carbonyl (C=O) groups excluding carboxylic acids is 2. The van der Waals surface area contributed by atoms with Crippen molar-refractivity contribution in [1.29, 1.82) is 0 Å². The summed E-state index contributed by atoms with van der Waals surface area (Å²) in [5.41, 5.74) is 4.72. The zero-order valence-corrected chi connectivity index (χ0v) is 18.3. The smallest absolute Gasteiger partial charge is 0.407 e. The van der Waals surface area contributed by atoms with E-state index in [0.29, 0.717) is 25.8 Å². The van der Waals surface area contributed by atoms with Crippen molar-refractivity contribution in [3.8, 4) is 11.1 Å². The number of nitrogens with one attached hydrogen (secondary N) is 2. The van der Waals surface area contributed by atoms with E-state index in [0.717, 1.165) is 6.42 Å². The molecule has 0 aliphatic heterocycles. The number of benzene rings is 2. The van der Waals surface area contributed by atoms with Gasteiger partial charge in [-0.25, -0.2) is 4.79 Å². The summed E-state index contributed by atoms with van der Waals surface area (Å²) in [6.45, 7) is 0.680. The summed E-state index contributed by atoms with van der Waals surface area (Å²) in [5, 5.41) is 14.8. The minimum absolute atomic E-state index is 0.0160. The number of carboxylic acid groups (broad SMARTS) is 1. The quantitative estimate of drug-likeness (QED) is 0.601. The molecule has 2 fully saturated rings. The van der Waals surface area contributed by atoms with Crippen LogP contribution < -0.4 is 10.6 Å². The van der Waals surface area contributed by atoms with Crippen molar-refractivity contribution in [2.24, 2.45) is 17.8 Å². The van der Waals surface area contributed by atoms with Crippen molar-refractivity contribution < 1.29 is 24.2 Å². The summed E-state index contributed by atoms with van der Waals surface area (Å²) in [6.07, 6.45) is 2.18. The maximum absolute atomic E-state index is 12.5. The summed E-state index contributed by atoms with van der Waals surface area (Å²) in [5.74, 6) is -1.27. The number of fused-ring (bicyclic) bond motifs is 3. The van der Waals surface area contributed by atoms with Crippen LogP contribution in [0, 0.1) is 17.8 Å². The number of amides is 2. The minimum Gasteiger partial charge on any atom is -0.481 e. The number of hydrogen-bond donors (Lipinski definition) is 3. The minimum atomic E-state index is -0.789. The van der Waals surface area contributed by atoms with Gasteiger partial charge in [0, 0.05) is 24.4 Å².